The number of hydrogen-bond donors (Lipinski definition) is 2. The van der Waals surface area contributed by atoms with Crippen LogP contribution in [0, 0.1) is 0 Å². The van der Waals surface area contributed by atoms with Crippen molar-refractivity contribution in [3.63, 3.8) is 0 Å². The number of thiocarbonyl (C=S) groups is 1. The third-order valence-electron chi connectivity index (χ3n) is 5.33. The van der Waals surface area contributed by atoms with Crippen molar-refractivity contribution in [2.24, 2.45) is 0 Å². The average molecular weight is 383 g/mol. The lowest BCUT2D eigenvalue weighted by atomic mass is 10.0. The molecule has 0 unspecified atom stereocenters. The third-order valence-corrected chi connectivity index (χ3v) is 7.46. The predicted molar refractivity (Wildman–Crippen MR) is 106 cm³/mol. The van der Waals surface area contributed by atoms with Gasteiger partial charge in [-0.3, -0.25) is 0 Å². The Kier molecular flexibility index (Phi) is 5.65. The number of hydrogen-bond acceptors (Lipinski definition) is 3. The van der Waals surface area contributed by atoms with Gasteiger partial charge in [0, 0.05) is 12.1 Å². The van der Waals surface area contributed by atoms with Crippen LogP contribution in [0.3, 0.4) is 0 Å². The van der Waals surface area contributed by atoms with Crippen LogP contribution in [-0.2, 0) is 9.84 Å². The van der Waals surface area contributed by atoms with Gasteiger partial charge in [-0.1, -0.05) is 26.0 Å². The van der Waals surface area contributed by atoms with Crippen LogP contribution in [0.1, 0.15) is 31.7 Å². The minimum Gasteiger partial charge on any atom is -0.338 e. The highest BCUT2D eigenvalue weighted by Crippen LogP contribution is 2.17. The summed E-state index contributed by atoms with van der Waals surface area (Å²) in [5.74, 6) is 1.24. The van der Waals surface area contributed by atoms with Crippen LogP contribution in [0.25, 0.3) is 0 Å². The molecule has 2 fully saturated rings. The Morgan fingerprint density at radius 2 is 1.88 bits per heavy atom. The maximum absolute atomic E-state index is 11.7. The number of benzene rings is 1. The summed E-state index contributed by atoms with van der Waals surface area (Å²) in [7, 11) is -2.80. The summed E-state index contributed by atoms with van der Waals surface area (Å²) in [6, 6.07) is 8.70. The predicted octanol–water partition coefficient (Wildman–Crippen LogP) is 0.894. The molecule has 0 aromatic heterocycles. The van der Waals surface area contributed by atoms with E-state index < -0.39 is 9.84 Å². The fourth-order valence-electron chi connectivity index (χ4n) is 3.68. The molecule has 0 spiro atoms. The molecular weight excluding hydrogens is 354 g/mol. The van der Waals surface area contributed by atoms with Crippen molar-refractivity contribution in [3.05, 3.63) is 29.8 Å². The molecule has 2 saturated heterocycles. The van der Waals surface area contributed by atoms with Gasteiger partial charge in [0.15, 0.2) is 14.9 Å². The molecule has 2 N–H and O–H groups in total. The Morgan fingerprint density at radius 1 is 1.24 bits per heavy atom. The summed E-state index contributed by atoms with van der Waals surface area (Å²) in [5, 5.41) is 4.09. The van der Waals surface area contributed by atoms with Gasteiger partial charge in [-0.25, -0.2) is 8.42 Å². The van der Waals surface area contributed by atoms with Gasteiger partial charge in [0.25, 0.3) is 0 Å². The summed E-state index contributed by atoms with van der Waals surface area (Å²) in [6.45, 7) is 8.03. The Morgan fingerprint density at radius 3 is 2.40 bits per heavy atom. The van der Waals surface area contributed by atoms with E-state index in [2.05, 4.69) is 48.3 Å². The minimum absolute atomic E-state index is 0.275. The molecule has 0 radical (unpaired) electrons. The van der Waals surface area contributed by atoms with Crippen LogP contribution < -0.4 is 10.2 Å². The molecule has 138 valence electrons. The van der Waals surface area contributed by atoms with Crippen molar-refractivity contribution < 1.29 is 13.3 Å². The zero-order valence-corrected chi connectivity index (χ0v) is 16.6. The van der Waals surface area contributed by atoms with Crippen LogP contribution >= 0.6 is 12.2 Å². The standard InChI is InChI=1S/C18H27N3O2S2/c1-14(2)15-3-5-16(6-4-15)19-18(24)21-10-8-20(9-11-21)17-7-12-25(22,23)13-17/h3-6,14,17H,7-13H2,1-2H3,(H,19,24)/p+1/t17-/m0/s1. The van der Waals surface area contributed by atoms with Gasteiger partial charge in [0.05, 0.1) is 31.9 Å². The molecule has 0 bridgehead atoms. The second-order valence-electron chi connectivity index (χ2n) is 7.45. The molecule has 3 rings (SSSR count). The topological polar surface area (TPSA) is 53.9 Å². The molecule has 2 heterocycles. The van der Waals surface area contributed by atoms with Crippen molar-refractivity contribution >= 4 is 32.9 Å². The van der Waals surface area contributed by atoms with Gasteiger partial charge in [0.2, 0.25) is 0 Å². The molecule has 5 nitrogen and oxygen atoms in total. The molecule has 0 amide bonds. The van der Waals surface area contributed by atoms with Crippen LogP contribution in [-0.4, -0.2) is 62.2 Å². The maximum atomic E-state index is 11.7. The molecule has 25 heavy (non-hydrogen) atoms. The highest BCUT2D eigenvalue weighted by atomic mass is 32.2. The van der Waals surface area contributed by atoms with Gasteiger partial charge < -0.3 is 15.1 Å². The molecule has 1 aromatic rings. The Labute approximate surface area is 156 Å². The molecule has 0 saturated carbocycles. The first-order valence-electron chi connectivity index (χ1n) is 9.05. The summed E-state index contributed by atoms with van der Waals surface area (Å²) < 4.78 is 23.3. The number of sulfone groups is 1. The zero-order valence-electron chi connectivity index (χ0n) is 15.0. The maximum Gasteiger partial charge on any atom is 0.173 e. The zero-order chi connectivity index (χ0) is 18.0. The quantitative estimate of drug-likeness (QED) is 0.761. The van der Waals surface area contributed by atoms with Crippen molar-refractivity contribution in [1.29, 1.82) is 0 Å². The van der Waals surface area contributed by atoms with E-state index in [4.69, 9.17) is 12.2 Å². The molecule has 0 aliphatic carbocycles. The van der Waals surface area contributed by atoms with Gasteiger partial charge in [-0.05, 0) is 35.8 Å². The SMILES string of the molecule is CC(C)c1ccc(NC(=S)N2CC[NH+]([C@H]3CCS(=O)(=O)C3)CC2)cc1. The van der Waals surface area contributed by atoms with Gasteiger partial charge in [-0.15, -0.1) is 0 Å². The molecule has 7 heteroatoms. The van der Waals surface area contributed by atoms with E-state index >= 15 is 0 Å². The van der Waals surface area contributed by atoms with Crippen molar-refractivity contribution in [3.8, 4) is 0 Å². The van der Waals surface area contributed by atoms with E-state index in [-0.39, 0.29) is 6.04 Å². The number of piperazine rings is 1. The lowest BCUT2D eigenvalue weighted by molar-refractivity contribution is -0.925. The van der Waals surface area contributed by atoms with Crippen molar-refractivity contribution in [2.45, 2.75) is 32.2 Å². The van der Waals surface area contributed by atoms with Gasteiger partial charge in [0.1, 0.15) is 11.8 Å². The van der Waals surface area contributed by atoms with E-state index in [0.717, 1.165) is 43.4 Å². The smallest absolute Gasteiger partial charge is 0.173 e. The van der Waals surface area contributed by atoms with Crippen molar-refractivity contribution in [2.75, 3.05) is 43.0 Å². The number of nitrogens with zero attached hydrogens (tertiary/aromatic N) is 1. The number of nitrogens with one attached hydrogen (secondary N) is 2. The third kappa shape index (κ3) is 4.71. The highest BCUT2D eigenvalue weighted by Gasteiger charge is 2.37. The van der Waals surface area contributed by atoms with E-state index in [1.54, 1.807) is 0 Å². The first-order valence-corrected chi connectivity index (χ1v) is 11.3. The molecular formula is C18H28N3O2S2+. The van der Waals surface area contributed by atoms with Crippen LogP contribution in [0.15, 0.2) is 24.3 Å². The first-order chi connectivity index (χ1) is 11.8. The van der Waals surface area contributed by atoms with Crippen LogP contribution in [0.5, 0.6) is 0 Å². The van der Waals surface area contributed by atoms with Crippen molar-refractivity contribution in [1.82, 2.24) is 4.90 Å². The van der Waals surface area contributed by atoms with Gasteiger partial charge >= 0.3 is 0 Å². The molecule has 1 aromatic carbocycles. The molecule has 1 atom stereocenters. The Bertz CT molecular complexity index is 708. The average Bonchev–Trinajstić information content (AvgIpc) is 2.95. The number of rotatable bonds is 3. The second kappa shape index (κ2) is 7.60. The normalized spacial score (nSPS) is 23.8. The summed E-state index contributed by atoms with van der Waals surface area (Å²) in [4.78, 5) is 3.61. The Balaban J connectivity index is 1.50. The summed E-state index contributed by atoms with van der Waals surface area (Å²) >= 11 is 5.56. The monoisotopic (exact) mass is 382 g/mol. The molecule has 2 aliphatic heterocycles. The molecule has 2 aliphatic rings. The number of anilines is 1. The largest absolute Gasteiger partial charge is 0.338 e. The fraction of sp³-hybridized carbons (Fsp3) is 0.611. The van der Waals surface area contributed by atoms with E-state index in [0.29, 0.717) is 17.4 Å². The van der Waals surface area contributed by atoms with Crippen LogP contribution in [0.2, 0.25) is 0 Å². The highest BCUT2D eigenvalue weighted by molar-refractivity contribution is 7.91. The second-order valence-corrected chi connectivity index (χ2v) is 10.1. The van der Waals surface area contributed by atoms with E-state index in [1.165, 1.54) is 10.5 Å². The summed E-state index contributed by atoms with van der Waals surface area (Å²) in [6.07, 6.45) is 0.808. The fourth-order valence-corrected chi connectivity index (χ4v) is 5.80. The lowest BCUT2D eigenvalue weighted by Crippen LogP contribution is -3.18. The first kappa shape index (κ1) is 18.6. The number of quaternary nitrogens is 1. The Hall–Kier alpha value is -1.18. The van der Waals surface area contributed by atoms with Crippen LogP contribution in [0.4, 0.5) is 5.69 Å². The lowest BCUT2D eigenvalue weighted by Gasteiger charge is -2.36. The minimum atomic E-state index is -2.80. The van der Waals surface area contributed by atoms with E-state index in [1.807, 2.05) is 0 Å². The van der Waals surface area contributed by atoms with Gasteiger partial charge in [-0.2, -0.15) is 0 Å². The van der Waals surface area contributed by atoms with E-state index in [9.17, 15) is 8.42 Å². The summed E-state index contributed by atoms with van der Waals surface area (Å²) in [5.41, 5.74) is 2.34.